The Morgan fingerprint density at radius 1 is 0.724 bits per heavy atom. The third-order valence-electron chi connectivity index (χ3n) is 4.40. The normalized spacial score (nSPS) is 13.8. The third kappa shape index (κ3) is 3.54. The van der Waals surface area contributed by atoms with E-state index in [-0.39, 0.29) is 37.0 Å². The van der Waals surface area contributed by atoms with Gasteiger partial charge in [0, 0.05) is 21.2 Å². The van der Waals surface area contributed by atoms with Gasteiger partial charge in [-0.25, -0.2) is 0 Å². The molecule has 3 N–H and O–H groups in total. The molecule has 0 aromatic heterocycles. The zero-order valence-electron chi connectivity index (χ0n) is 14.3. The fourth-order valence-electron chi connectivity index (χ4n) is 3.23. The molecule has 0 heterocycles. The first-order valence-corrected chi connectivity index (χ1v) is 10.9. The average Bonchev–Trinajstić information content (AvgIpc) is 2.63. The summed E-state index contributed by atoms with van der Waals surface area (Å²) in [5.41, 5.74) is -0.766. The first kappa shape index (κ1) is 22.0. The van der Waals surface area contributed by atoms with Crippen molar-refractivity contribution >= 4 is 56.5 Å². The molecule has 3 aromatic carbocycles. The molecule has 0 bridgehead atoms. The van der Waals surface area contributed by atoms with Gasteiger partial charge in [0.2, 0.25) is 0 Å². The van der Waals surface area contributed by atoms with Gasteiger partial charge in [-0.15, -0.1) is 0 Å². The first-order chi connectivity index (χ1) is 13.5. The van der Waals surface area contributed by atoms with E-state index < -0.39 is 26.2 Å². The van der Waals surface area contributed by atoms with Crippen molar-refractivity contribution in [2.45, 2.75) is 4.75 Å². The largest absolute Gasteiger partial charge is 0.508 e. The Balaban J connectivity index is 2.68. The maximum Gasteiger partial charge on any atom is 0.283 e. The SMILES string of the molecule is O=S(=O)(O)C(c1ccc(O)cc1)(c1c(Cl)cccc1Cl)c1c(O)ccc(Cl)c1Cl. The van der Waals surface area contributed by atoms with E-state index in [1.165, 1.54) is 48.5 Å². The van der Waals surface area contributed by atoms with Crippen LogP contribution in [0, 0.1) is 0 Å². The van der Waals surface area contributed by atoms with Crippen molar-refractivity contribution < 1.29 is 23.2 Å². The quantitative estimate of drug-likeness (QED) is 0.311. The Bertz CT molecular complexity index is 1180. The lowest BCUT2D eigenvalue weighted by Gasteiger charge is -2.35. The minimum atomic E-state index is -5.16. The molecule has 1 atom stereocenters. The summed E-state index contributed by atoms with van der Waals surface area (Å²) in [5, 5.41) is 19.7. The third-order valence-corrected chi connectivity index (χ3v) is 7.25. The zero-order valence-corrected chi connectivity index (χ0v) is 18.1. The molecule has 0 aliphatic carbocycles. The second-order valence-electron chi connectivity index (χ2n) is 6.06. The Morgan fingerprint density at radius 2 is 1.28 bits per heavy atom. The maximum atomic E-state index is 13.0. The van der Waals surface area contributed by atoms with Gasteiger partial charge in [-0.2, -0.15) is 8.42 Å². The zero-order chi connectivity index (χ0) is 21.6. The molecule has 0 saturated carbocycles. The van der Waals surface area contributed by atoms with Crippen LogP contribution in [0.2, 0.25) is 20.1 Å². The van der Waals surface area contributed by atoms with E-state index >= 15 is 0 Å². The summed E-state index contributed by atoms with van der Waals surface area (Å²) in [4.78, 5) is 0. The van der Waals surface area contributed by atoms with Crippen LogP contribution < -0.4 is 0 Å². The van der Waals surface area contributed by atoms with Crippen molar-refractivity contribution in [1.82, 2.24) is 0 Å². The topological polar surface area (TPSA) is 94.8 Å². The molecular formula is C19H12Cl4O5S. The predicted molar refractivity (Wildman–Crippen MR) is 114 cm³/mol. The molecule has 10 heteroatoms. The molecule has 0 spiro atoms. The van der Waals surface area contributed by atoms with Crippen molar-refractivity contribution in [2.24, 2.45) is 0 Å². The molecule has 0 radical (unpaired) electrons. The van der Waals surface area contributed by atoms with Gasteiger partial charge < -0.3 is 10.2 Å². The van der Waals surface area contributed by atoms with Gasteiger partial charge >= 0.3 is 0 Å². The highest BCUT2D eigenvalue weighted by Gasteiger charge is 2.53. The van der Waals surface area contributed by atoms with E-state index in [1.54, 1.807) is 0 Å². The lowest BCUT2D eigenvalue weighted by molar-refractivity contribution is 0.440. The van der Waals surface area contributed by atoms with Gasteiger partial charge in [0.15, 0.2) is 4.75 Å². The molecule has 0 fully saturated rings. The molecule has 1 unspecified atom stereocenters. The van der Waals surface area contributed by atoms with Crippen molar-refractivity contribution in [2.75, 3.05) is 0 Å². The van der Waals surface area contributed by atoms with Crippen LogP contribution in [-0.4, -0.2) is 23.2 Å². The second-order valence-corrected chi connectivity index (χ2v) is 9.22. The van der Waals surface area contributed by atoms with Crippen LogP contribution in [0.4, 0.5) is 0 Å². The highest BCUT2D eigenvalue weighted by atomic mass is 35.5. The second kappa shape index (κ2) is 7.87. The summed E-state index contributed by atoms with van der Waals surface area (Å²) in [7, 11) is -5.16. The molecule has 0 aliphatic rings. The molecule has 29 heavy (non-hydrogen) atoms. The lowest BCUT2D eigenvalue weighted by atomic mass is 9.83. The van der Waals surface area contributed by atoms with Gasteiger partial charge in [0.05, 0.1) is 10.0 Å². The van der Waals surface area contributed by atoms with E-state index in [9.17, 15) is 23.2 Å². The van der Waals surface area contributed by atoms with Gasteiger partial charge in [-0.3, -0.25) is 4.55 Å². The van der Waals surface area contributed by atoms with Crippen LogP contribution in [0.1, 0.15) is 16.7 Å². The smallest absolute Gasteiger partial charge is 0.283 e. The predicted octanol–water partition coefficient (Wildman–Crippen LogP) is 5.89. The monoisotopic (exact) mass is 492 g/mol. The summed E-state index contributed by atoms with van der Waals surface area (Å²) in [5.74, 6) is -0.731. The number of rotatable bonds is 4. The number of aromatic hydroxyl groups is 2. The van der Waals surface area contributed by atoms with Crippen LogP contribution in [0.3, 0.4) is 0 Å². The standard InChI is InChI=1S/C19H12Cl4O5S/c20-12-2-1-3-13(21)16(12)19(29(26,27)28,10-4-6-11(24)7-5-10)17-15(25)9-8-14(22)18(17)23/h1-9,24-25H,(H,26,27,28). The van der Waals surface area contributed by atoms with Crippen LogP contribution in [0.15, 0.2) is 54.6 Å². The maximum absolute atomic E-state index is 13.0. The Hall–Kier alpha value is -1.67. The van der Waals surface area contributed by atoms with Crippen LogP contribution >= 0.6 is 46.4 Å². The fraction of sp³-hybridized carbons (Fsp3) is 0.0526. The number of halogens is 4. The Labute approximate surface area is 186 Å². The lowest BCUT2D eigenvalue weighted by Crippen LogP contribution is -2.39. The van der Waals surface area contributed by atoms with E-state index in [2.05, 4.69) is 0 Å². The van der Waals surface area contributed by atoms with E-state index in [1.807, 2.05) is 0 Å². The van der Waals surface area contributed by atoms with Gasteiger partial charge in [0.25, 0.3) is 10.1 Å². The molecule has 5 nitrogen and oxygen atoms in total. The van der Waals surface area contributed by atoms with Gasteiger partial charge in [0.1, 0.15) is 11.5 Å². The summed E-state index contributed by atoms with van der Waals surface area (Å²) in [6.07, 6.45) is 0. The molecule has 0 amide bonds. The van der Waals surface area contributed by atoms with Crippen molar-refractivity contribution in [3.63, 3.8) is 0 Å². The summed E-state index contributed by atoms with van der Waals surface area (Å²) in [6, 6.07) is 11.5. The summed E-state index contributed by atoms with van der Waals surface area (Å²) >= 11 is 25.1. The molecule has 3 aromatic rings. The summed E-state index contributed by atoms with van der Waals surface area (Å²) < 4.78 is 34.0. The van der Waals surface area contributed by atoms with Crippen LogP contribution in [0.25, 0.3) is 0 Å². The number of hydrogen-bond donors (Lipinski definition) is 3. The highest BCUT2D eigenvalue weighted by molar-refractivity contribution is 7.87. The fourth-order valence-corrected chi connectivity index (χ4v) is 5.91. The molecule has 0 saturated heterocycles. The molecule has 3 rings (SSSR count). The van der Waals surface area contributed by atoms with Gasteiger partial charge in [-0.1, -0.05) is 64.6 Å². The Morgan fingerprint density at radius 3 is 1.79 bits per heavy atom. The van der Waals surface area contributed by atoms with E-state index in [0.29, 0.717) is 0 Å². The number of phenolic OH excluding ortho intramolecular Hbond substituents is 2. The van der Waals surface area contributed by atoms with E-state index in [0.717, 1.165) is 6.07 Å². The van der Waals surface area contributed by atoms with Crippen LogP contribution in [-0.2, 0) is 14.9 Å². The number of hydrogen-bond acceptors (Lipinski definition) is 4. The molecular weight excluding hydrogens is 482 g/mol. The minimum Gasteiger partial charge on any atom is -0.508 e. The first-order valence-electron chi connectivity index (χ1n) is 7.90. The molecule has 0 aliphatic heterocycles. The van der Waals surface area contributed by atoms with Crippen molar-refractivity contribution in [1.29, 1.82) is 0 Å². The highest BCUT2D eigenvalue weighted by Crippen LogP contribution is 2.54. The number of benzene rings is 3. The van der Waals surface area contributed by atoms with Gasteiger partial charge in [-0.05, 0) is 42.0 Å². The van der Waals surface area contributed by atoms with Crippen molar-refractivity contribution in [3.8, 4) is 11.5 Å². The summed E-state index contributed by atoms with van der Waals surface area (Å²) in [6.45, 7) is 0. The average molecular weight is 494 g/mol. The minimum absolute atomic E-state index is 0.0746. The molecule has 152 valence electrons. The van der Waals surface area contributed by atoms with Crippen LogP contribution in [0.5, 0.6) is 11.5 Å². The van der Waals surface area contributed by atoms with E-state index in [4.69, 9.17) is 46.4 Å². The van der Waals surface area contributed by atoms with Crippen molar-refractivity contribution in [3.05, 3.63) is 91.4 Å². The Kier molecular flexibility index (Phi) is 5.98. The number of phenols is 2.